The van der Waals surface area contributed by atoms with Crippen LogP contribution in [0.3, 0.4) is 0 Å². The number of ether oxygens (including phenoxy) is 2. The Morgan fingerprint density at radius 1 is 1.10 bits per heavy atom. The van der Waals surface area contributed by atoms with Crippen molar-refractivity contribution in [3.63, 3.8) is 0 Å². The highest BCUT2D eigenvalue weighted by atomic mass is 16.5. The van der Waals surface area contributed by atoms with Gasteiger partial charge in [-0.15, -0.1) is 0 Å². The van der Waals surface area contributed by atoms with Crippen LogP contribution in [0.15, 0.2) is 36.7 Å². The Hall–Kier alpha value is -3.04. The molecule has 0 spiro atoms. The van der Waals surface area contributed by atoms with Crippen LogP contribution < -0.4 is 10.6 Å². The summed E-state index contributed by atoms with van der Waals surface area (Å²) in [5.41, 5.74) is 1.60. The number of carbonyl (C=O) groups excluding carboxylic acids is 2. The van der Waals surface area contributed by atoms with E-state index in [1.807, 2.05) is 0 Å². The van der Waals surface area contributed by atoms with Crippen LogP contribution in [0.4, 0.5) is 11.6 Å². The first-order valence-electron chi connectivity index (χ1n) is 9.60. The van der Waals surface area contributed by atoms with E-state index in [1.165, 1.54) is 12.4 Å². The lowest BCUT2D eigenvalue weighted by Crippen LogP contribution is -2.41. The highest BCUT2D eigenvalue weighted by Crippen LogP contribution is 2.14. The van der Waals surface area contributed by atoms with Gasteiger partial charge < -0.3 is 20.1 Å². The number of nitrogens with zero attached hydrogens (tertiary/aromatic N) is 3. The molecule has 1 aromatic carbocycles. The molecule has 1 amide bonds. The number of rotatable bonds is 8. The zero-order valence-corrected chi connectivity index (χ0v) is 16.4. The maximum absolute atomic E-state index is 12.2. The van der Waals surface area contributed by atoms with Gasteiger partial charge in [0.15, 0.2) is 0 Å². The molecule has 2 heterocycles. The van der Waals surface area contributed by atoms with Crippen LogP contribution in [-0.4, -0.2) is 72.7 Å². The largest absolute Gasteiger partial charge is 0.462 e. The predicted octanol–water partition coefficient (Wildman–Crippen LogP) is 1.46. The van der Waals surface area contributed by atoms with E-state index in [0.29, 0.717) is 30.2 Å². The molecule has 2 N–H and O–H groups in total. The van der Waals surface area contributed by atoms with Crippen LogP contribution in [0.5, 0.6) is 0 Å². The number of benzene rings is 1. The third-order valence-electron chi connectivity index (χ3n) is 4.38. The van der Waals surface area contributed by atoms with Crippen LogP contribution in [0.1, 0.15) is 27.6 Å². The van der Waals surface area contributed by atoms with E-state index in [4.69, 9.17) is 9.47 Å². The summed E-state index contributed by atoms with van der Waals surface area (Å²) in [7, 11) is 0. The molecule has 29 heavy (non-hydrogen) atoms. The van der Waals surface area contributed by atoms with Gasteiger partial charge in [-0.2, -0.15) is 0 Å². The molecule has 9 nitrogen and oxygen atoms in total. The van der Waals surface area contributed by atoms with Gasteiger partial charge in [-0.25, -0.2) is 14.8 Å². The molecule has 2 aromatic rings. The summed E-state index contributed by atoms with van der Waals surface area (Å²) in [6.07, 6.45) is 2.96. The fourth-order valence-corrected chi connectivity index (χ4v) is 2.80. The fraction of sp³-hybridized carbons (Fsp3) is 0.400. The number of morpholine rings is 1. The Kier molecular flexibility index (Phi) is 7.48. The zero-order chi connectivity index (χ0) is 20.5. The molecule has 0 atom stereocenters. The minimum atomic E-state index is -0.362. The fourth-order valence-electron chi connectivity index (χ4n) is 2.80. The van der Waals surface area contributed by atoms with Crippen molar-refractivity contribution in [3.8, 4) is 0 Å². The highest BCUT2D eigenvalue weighted by molar-refractivity contribution is 5.93. The molecular weight excluding hydrogens is 374 g/mol. The van der Waals surface area contributed by atoms with Crippen LogP contribution >= 0.6 is 0 Å². The van der Waals surface area contributed by atoms with E-state index in [2.05, 4.69) is 25.5 Å². The molecule has 0 radical (unpaired) electrons. The van der Waals surface area contributed by atoms with E-state index < -0.39 is 0 Å². The number of hydrogen-bond acceptors (Lipinski definition) is 8. The van der Waals surface area contributed by atoms with Crippen molar-refractivity contribution >= 4 is 23.5 Å². The van der Waals surface area contributed by atoms with Gasteiger partial charge in [0, 0.05) is 44.3 Å². The Morgan fingerprint density at radius 2 is 1.79 bits per heavy atom. The lowest BCUT2D eigenvalue weighted by atomic mass is 10.2. The number of hydrogen-bond donors (Lipinski definition) is 2. The van der Waals surface area contributed by atoms with E-state index in [0.717, 1.165) is 38.5 Å². The van der Waals surface area contributed by atoms with E-state index in [-0.39, 0.29) is 11.9 Å². The van der Waals surface area contributed by atoms with Gasteiger partial charge in [-0.1, -0.05) is 0 Å². The summed E-state index contributed by atoms with van der Waals surface area (Å²) < 4.78 is 10.3. The summed E-state index contributed by atoms with van der Waals surface area (Å²) in [5, 5.41) is 5.91. The highest BCUT2D eigenvalue weighted by Gasteiger charge is 2.12. The Balaban J connectivity index is 1.47. The maximum atomic E-state index is 12.2. The number of anilines is 2. The molecule has 3 rings (SSSR count). The lowest BCUT2D eigenvalue weighted by molar-refractivity contribution is 0.0383. The monoisotopic (exact) mass is 399 g/mol. The molecule has 1 aliphatic heterocycles. The van der Waals surface area contributed by atoms with Gasteiger partial charge >= 0.3 is 5.97 Å². The molecule has 154 valence electrons. The summed E-state index contributed by atoms with van der Waals surface area (Å²) in [6, 6.07) is 6.80. The molecule has 1 fully saturated rings. The van der Waals surface area contributed by atoms with E-state index in [1.54, 1.807) is 31.2 Å². The van der Waals surface area contributed by atoms with Gasteiger partial charge in [0.25, 0.3) is 5.91 Å². The van der Waals surface area contributed by atoms with Gasteiger partial charge in [-0.3, -0.25) is 9.69 Å². The molecule has 0 aliphatic carbocycles. The molecule has 1 saturated heterocycles. The summed E-state index contributed by atoms with van der Waals surface area (Å²) in [6.45, 7) is 6.70. The quantitative estimate of drug-likeness (QED) is 0.643. The smallest absolute Gasteiger partial charge is 0.338 e. The van der Waals surface area contributed by atoms with Crippen molar-refractivity contribution in [1.82, 2.24) is 20.2 Å². The number of aromatic nitrogens is 2. The van der Waals surface area contributed by atoms with Crippen molar-refractivity contribution in [3.05, 3.63) is 47.8 Å². The Bertz CT molecular complexity index is 805. The molecule has 0 saturated carbocycles. The number of amides is 1. The first-order valence-corrected chi connectivity index (χ1v) is 9.60. The normalized spacial score (nSPS) is 14.2. The van der Waals surface area contributed by atoms with Crippen LogP contribution in [-0.2, 0) is 9.47 Å². The van der Waals surface area contributed by atoms with Gasteiger partial charge in [0.1, 0.15) is 0 Å². The van der Waals surface area contributed by atoms with Crippen LogP contribution in [0, 0.1) is 0 Å². The molecule has 9 heteroatoms. The zero-order valence-electron chi connectivity index (χ0n) is 16.4. The molecule has 1 aromatic heterocycles. The van der Waals surface area contributed by atoms with Crippen molar-refractivity contribution < 1.29 is 19.1 Å². The van der Waals surface area contributed by atoms with Crippen molar-refractivity contribution in [1.29, 1.82) is 0 Å². The number of esters is 1. The molecule has 0 unspecified atom stereocenters. The van der Waals surface area contributed by atoms with Gasteiger partial charge in [0.05, 0.1) is 30.9 Å². The van der Waals surface area contributed by atoms with E-state index in [9.17, 15) is 9.59 Å². The van der Waals surface area contributed by atoms with Crippen molar-refractivity contribution in [2.45, 2.75) is 6.92 Å². The van der Waals surface area contributed by atoms with Crippen molar-refractivity contribution in [2.75, 3.05) is 51.3 Å². The summed E-state index contributed by atoms with van der Waals surface area (Å²) >= 11 is 0. The summed E-state index contributed by atoms with van der Waals surface area (Å²) in [5.74, 6) is -0.207. The maximum Gasteiger partial charge on any atom is 0.338 e. The topological polar surface area (TPSA) is 106 Å². The number of carbonyl (C=O) groups is 2. The van der Waals surface area contributed by atoms with E-state index >= 15 is 0 Å². The first kappa shape index (κ1) is 20.7. The minimum absolute atomic E-state index is 0.205. The average Bonchev–Trinajstić information content (AvgIpc) is 2.75. The molecular formula is C20H25N5O4. The van der Waals surface area contributed by atoms with Gasteiger partial charge in [-0.05, 0) is 31.2 Å². The third kappa shape index (κ3) is 6.23. The van der Waals surface area contributed by atoms with Crippen LogP contribution in [0.2, 0.25) is 0 Å². The molecule has 0 bridgehead atoms. The van der Waals surface area contributed by atoms with Crippen LogP contribution in [0.25, 0.3) is 0 Å². The Morgan fingerprint density at radius 3 is 2.45 bits per heavy atom. The van der Waals surface area contributed by atoms with Crippen molar-refractivity contribution in [2.24, 2.45) is 0 Å². The second-order valence-corrected chi connectivity index (χ2v) is 6.43. The SMILES string of the molecule is CCOC(=O)c1ccc(Nc2ncc(C(=O)NCCN3CCOCC3)cn2)cc1. The van der Waals surface area contributed by atoms with Gasteiger partial charge in [0.2, 0.25) is 5.95 Å². The molecule has 1 aliphatic rings. The second kappa shape index (κ2) is 10.5. The first-order chi connectivity index (χ1) is 14.2. The lowest BCUT2D eigenvalue weighted by Gasteiger charge is -2.26. The Labute approximate surface area is 169 Å². The third-order valence-corrected chi connectivity index (χ3v) is 4.38. The average molecular weight is 399 g/mol. The minimum Gasteiger partial charge on any atom is -0.462 e. The summed E-state index contributed by atoms with van der Waals surface area (Å²) in [4.78, 5) is 34.5. The second-order valence-electron chi connectivity index (χ2n) is 6.43. The number of nitrogens with one attached hydrogen (secondary N) is 2. The standard InChI is InChI=1S/C20H25N5O4/c1-2-29-19(27)15-3-5-17(6-4-15)24-20-22-13-16(14-23-20)18(26)21-7-8-25-9-11-28-12-10-25/h3-6,13-14H,2,7-12H2,1H3,(H,21,26)(H,22,23,24). The predicted molar refractivity (Wildman–Crippen MR) is 107 cm³/mol.